The van der Waals surface area contributed by atoms with Gasteiger partial charge in [-0.3, -0.25) is 0 Å². The van der Waals surface area contributed by atoms with Crippen molar-refractivity contribution in [1.29, 1.82) is 0 Å². The van der Waals surface area contributed by atoms with Crippen LogP contribution in [0.1, 0.15) is 50.7 Å². The summed E-state index contributed by atoms with van der Waals surface area (Å²) in [5, 5.41) is 5.28. The first-order valence-electron chi connectivity index (χ1n) is 12.7. The van der Waals surface area contributed by atoms with E-state index in [1.54, 1.807) is 0 Å². The topological polar surface area (TPSA) is 15.8 Å². The van der Waals surface area contributed by atoms with E-state index in [0.29, 0.717) is 5.92 Å². The van der Waals surface area contributed by atoms with Gasteiger partial charge >= 0.3 is 0 Å². The lowest BCUT2D eigenvalue weighted by molar-refractivity contribution is 0.867. The zero-order chi connectivity index (χ0) is 23.9. The van der Waals surface area contributed by atoms with Crippen molar-refractivity contribution in [3.8, 4) is 22.5 Å². The van der Waals surface area contributed by atoms with Crippen molar-refractivity contribution in [2.24, 2.45) is 0 Å². The fourth-order valence-electron chi connectivity index (χ4n) is 5.62. The first-order chi connectivity index (χ1) is 17.1. The Morgan fingerprint density at radius 3 is 2.03 bits per heavy atom. The number of hydrogen-bond donors (Lipinski definition) is 1. The molecule has 6 rings (SSSR count). The molecule has 1 aromatic heterocycles. The normalized spacial score (nSPS) is 13.9. The molecule has 0 saturated heterocycles. The van der Waals surface area contributed by atoms with Gasteiger partial charge in [-0.05, 0) is 93.3 Å². The second kappa shape index (κ2) is 8.74. The van der Waals surface area contributed by atoms with Gasteiger partial charge < -0.3 is 4.98 Å². The molecule has 0 amide bonds. The Morgan fingerprint density at radius 1 is 0.686 bits per heavy atom. The van der Waals surface area contributed by atoms with E-state index >= 15 is 0 Å². The average Bonchev–Trinajstić information content (AvgIpc) is 3.38. The summed E-state index contributed by atoms with van der Waals surface area (Å²) >= 11 is 0. The van der Waals surface area contributed by atoms with E-state index in [2.05, 4.69) is 123 Å². The van der Waals surface area contributed by atoms with Gasteiger partial charge in [0.1, 0.15) is 0 Å². The van der Waals surface area contributed by atoms with Crippen molar-refractivity contribution >= 4 is 27.1 Å². The smallest absolute Gasteiger partial charge is 0.0471 e. The molecule has 0 radical (unpaired) electrons. The van der Waals surface area contributed by atoms with Crippen LogP contribution in [0.4, 0.5) is 0 Å². The molecular weight excluding hydrogens is 422 g/mol. The fraction of sp³-hybridized carbons (Fsp3) is 0.176. The summed E-state index contributed by atoms with van der Waals surface area (Å²) in [7, 11) is 0. The van der Waals surface area contributed by atoms with Gasteiger partial charge in [-0.1, -0.05) is 92.7 Å². The third kappa shape index (κ3) is 3.72. The highest BCUT2D eigenvalue weighted by molar-refractivity contribution is 6.19. The number of hydrogen-bond acceptors (Lipinski definition) is 0. The molecule has 1 aliphatic rings. The molecule has 1 aliphatic carbocycles. The lowest BCUT2D eigenvalue weighted by atomic mass is 9.82. The van der Waals surface area contributed by atoms with E-state index < -0.39 is 0 Å². The molecule has 0 bridgehead atoms. The highest BCUT2D eigenvalue weighted by Gasteiger charge is 2.21. The molecule has 35 heavy (non-hydrogen) atoms. The zero-order valence-electron chi connectivity index (χ0n) is 20.7. The Hall–Kier alpha value is -3.84. The van der Waals surface area contributed by atoms with Crippen LogP contribution in [0.2, 0.25) is 0 Å². The Kier molecular flexibility index (Phi) is 5.41. The van der Waals surface area contributed by atoms with Gasteiger partial charge in [-0.15, -0.1) is 0 Å². The fourth-order valence-corrected chi connectivity index (χ4v) is 5.62. The van der Waals surface area contributed by atoms with E-state index in [9.17, 15) is 0 Å². The SMILES string of the molecule is CC1=C(c2c(-c3ccc(-c4cccc(C(C)C)c4)[nH]3)c3ccccc3c3ccccc23)CCC=C1. The van der Waals surface area contributed by atoms with Gasteiger partial charge in [-0.25, -0.2) is 0 Å². The molecule has 1 N–H and O–H groups in total. The molecule has 0 unspecified atom stereocenters. The van der Waals surface area contributed by atoms with Gasteiger partial charge in [0.2, 0.25) is 0 Å². The Morgan fingerprint density at radius 2 is 1.34 bits per heavy atom. The maximum atomic E-state index is 3.82. The third-order valence-electron chi connectivity index (χ3n) is 7.46. The quantitative estimate of drug-likeness (QED) is 0.261. The maximum absolute atomic E-state index is 3.82. The monoisotopic (exact) mass is 453 g/mol. The average molecular weight is 454 g/mol. The van der Waals surface area contributed by atoms with E-state index in [1.807, 2.05) is 0 Å². The van der Waals surface area contributed by atoms with Gasteiger partial charge in [0.15, 0.2) is 0 Å². The molecule has 1 heterocycles. The lowest BCUT2D eigenvalue weighted by Gasteiger charge is -2.22. The second-order valence-electron chi connectivity index (χ2n) is 10.0. The number of fused-ring (bicyclic) bond motifs is 3. The van der Waals surface area contributed by atoms with Crippen LogP contribution in [-0.4, -0.2) is 4.98 Å². The Balaban J connectivity index is 1.66. The molecule has 4 aromatic carbocycles. The van der Waals surface area contributed by atoms with Crippen LogP contribution in [0.3, 0.4) is 0 Å². The highest BCUT2D eigenvalue weighted by atomic mass is 14.7. The summed E-state index contributed by atoms with van der Waals surface area (Å²) in [4.78, 5) is 3.82. The van der Waals surface area contributed by atoms with Crippen LogP contribution in [0.15, 0.2) is 103 Å². The van der Waals surface area contributed by atoms with Gasteiger partial charge in [0.05, 0.1) is 0 Å². The number of allylic oxidation sites excluding steroid dienone is 4. The van der Waals surface area contributed by atoms with Crippen LogP contribution in [0, 0.1) is 0 Å². The number of aromatic nitrogens is 1. The molecule has 0 fully saturated rings. The zero-order valence-corrected chi connectivity index (χ0v) is 20.7. The molecule has 0 saturated carbocycles. The second-order valence-corrected chi connectivity index (χ2v) is 10.0. The molecular formula is C34H31N. The summed E-state index contributed by atoms with van der Waals surface area (Å²) in [5.74, 6) is 0.509. The molecule has 0 spiro atoms. The molecule has 1 nitrogen and oxygen atoms in total. The number of aromatic amines is 1. The Bertz CT molecular complexity index is 1620. The van der Waals surface area contributed by atoms with Gasteiger partial charge in [-0.2, -0.15) is 0 Å². The molecule has 0 aliphatic heterocycles. The summed E-state index contributed by atoms with van der Waals surface area (Å²) in [6.45, 7) is 6.76. The van der Waals surface area contributed by atoms with Crippen molar-refractivity contribution in [3.63, 3.8) is 0 Å². The highest BCUT2D eigenvalue weighted by Crippen LogP contribution is 2.45. The predicted molar refractivity (Wildman–Crippen MR) is 152 cm³/mol. The third-order valence-corrected chi connectivity index (χ3v) is 7.46. The number of benzene rings is 4. The lowest BCUT2D eigenvalue weighted by Crippen LogP contribution is -1.99. The van der Waals surface area contributed by atoms with Gasteiger partial charge in [0.25, 0.3) is 0 Å². The summed E-state index contributed by atoms with van der Waals surface area (Å²) < 4.78 is 0. The van der Waals surface area contributed by atoms with Crippen LogP contribution < -0.4 is 0 Å². The molecule has 172 valence electrons. The first-order valence-corrected chi connectivity index (χ1v) is 12.7. The summed E-state index contributed by atoms with van der Waals surface area (Å²) in [5.41, 5.74) is 10.5. The summed E-state index contributed by atoms with van der Waals surface area (Å²) in [6, 6.07) is 31.2. The number of nitrogens with one attached hydrogen (secondary N) is 1. The minimum atomic E-state index is 0.509. The van der Waals surface area contributed by atoms with Crippen molar-refractivity contribution in [2.45, 2.75) is 39.5 Å². The van der Waals surface area contributed by atoms with Crippen molar-refractivity contribution in [2.75, 3.05) is 0 Å². The minimum Gasteiger partial charge on any atom is -0.355 e. The molecule has 0 atom stereocenters. The van der Waals surface area contributed by atoms with Crippen molar-refractivity contribution in [3.05, 3.63) is 114 Å². The van der Waals surface area contributed by atoms with Crippen molar-refractivity contribution < 1.29 is 0 Å². The Labute approximate surface area is 207 Å². The molecule has 5 aromatic rings. The number of H-pyrrole nitrogens is 1. The van der Waals surface area contributed by atoms with Crippen LogP contribution in [0.5, 0.6) is 0 Å². The molecule has 1 heteroatoms. The van der Waals surface area contributed by atoms with Gasteiger partial charge in [0, 0.05) is 17.0 Å². The van der Waals surface area contributed by atoms with Crippen molar-refractivity contribution in [1.82, 2.24) is 4.98 Å². The van der Waals surface area contributed by atoms with Crippen LogP contribution in [0.25, 0.3) is 49.6 Å². The standard InChI is InChI=1S/C34H31N/c1-22(2)24-12-10-13-25(21-24)31-19-20-32(35-31)34-30-18-9-7-16-28(30)27-15-6-8-17-29(27)33(34)26-14-5-4-11-23(26)3/h4,6-13,15-22,35H,5,14H2,1-3H3. The van der Waals surface area contributed by atoms with Crippen LogP contribution >= 0.6 is 0 Å². The van der Waals surface area contributed by atoms with E-state index in [0.717, 1.165) is 12.8 Å². The summed E-state index contributed by atoms with van der Waals surface area (Å²) in [6.07, 6.45) is 6.76. The number of rotatable bonds is 4. The maximum Gasteiger partial charge on any atom is 0.0471 e. The predicted octanol–water partition coefficient (Wildman–Crippen LogP) is 9.90. The first kappa shape index (κ1) is 21.7. The minimum absolute atomic E-state index is 0.509. The largest absolute Gasteiger partial charge is 0.355 e. The van der Waals surface area contributed by atoms with E-state index in [1.165, 1.54) is 66.3 Å². The van der Waals surface area contributed by atoms with E-state index in [4.69, 9.17) is 0 Å². The van der Waals surface area contributed by atoms with E-state index in [-0.39, 0.29) is 0 Å². The van der Waals surface area contributed by atoms with Crippen LogP contribution in [-0.2, 0) is 0 Å².